The van der Waals surface area contributed by atoms with Crippen LogP contribution in [0.2, 0.25) is 0 Å². The first-order chi connectivity index (χ1) is 13.7. The van der Waals surface area contributed by atoms with Gasteiger partial charge in [-0.15, -0.1) is 0 Å². The number of nitrogens with one attached hydrogen (secondary N) is 1. The van der Waals surface area contributed by atoms with Gasteiger partial charge in [-0.05, 0) is 24.6 Å². The number of halogens is 1. The third kappa shape index (κ3) is 3.95. The van der Waals surface area contributed by atoms with Gasteiger partial charge in [0.25, 0.3) is 11.5 Å². The van der Waals surface area contributed by atoms with Crippen LogP contribution in [0.1, 0.15) is 39.8 Å². The standard InChI is InChI=1S/C19H21FN4O4S/c1-29(27,28)24-8-6-16-15(11-24)18(25)22-17(21-16)13-5-7-23(10-13)19(26)12-3-2-4-14(20)9-12/h2-4,9,13H,5-8,10-11H2,1H3,(H,21,22,25)/t13-/m0/s1. The topological polar surface area (TPSA) is 103 Å². The summed E-state index contributed by atoms with van der Waals surface area (Å²) in [5.74, 6) is -0.332. The molecule has 1 saturated heterocycles. The van der Waals surface area contributed by atoms with Crippen molar-refractivity contribution in [3.8, 4) is 0 Å². The summed E-state index contributed by atoms with van der Waals surface area (Å²) in [5.41, 5.74) is 0.932. The van der Waals surface area contributed by atoms with Gasteiger partial charge < -0.3 is 9.88 Å². The molecule has 4 rings (SSSR count). The minimum Gasteiger partial charge on any atom is -0.338 e. The number of fused-ring (bicyclic) bond motifs is 1. The van der Waals surface area contributed by atoms with Crippen molar-refractivity contribution in [1.29, 1.82) is 0 Å². The van der Waals surface area contributed by atoms with Crippen molar-refractivity contribution in [2.75, 3.05) is 25.9 Å². The summed E-state index contributed by atoms with van der Waals surface area (Å²) in [5, 5.41) is 0. The summed E-state index contributed by atoms with van der Waals surface area (Å²) in [7, 11) is -3.38. The molecule has 10 heteroatoms. The predicted molar refractivity (Wildman–Crippen MR) is 103 cm³/mol. The Bertz CT molecular complexity index is 1130. The van der Waals surface area contributed by atoms with Crippen LogP contribution < -0.4 is 5.56 Å². The van der Waals surface area contributed by atoms with E-state index in [1.807, 2.05) is 0 Å². The molecule has 29 heavy (non-hydrogen) atoms. The molecule has 0 spiro atoms. The van der Waals surface area contributed by atoms with Crippen molar-refractivity contribution in [2.24, 2.45) is 0 Å². The fraction of sp³-hybridized carbons (Fsp3) is 0.421. The molecule has 0 aliphatic carbocycles. The Morgan fingerprint density at radius 3 is 2.83 bits per heavy atom. The minimum absolute atomic E-state index is 0.0195. The molecular formula is C19H21FN4O4S. The Balaban J connectivity index is 1.53. The predicted octanol–water partition coefficient (Wildman–Crippen LogP) is 0.856. The lowest BCUT2D eigenvalue weighted by molar-refractivity contribution is 0.0790. The van der Waals surface area contributed by atoms with Gasteiger partial charge in [-0.25, -0.2) is 17.8 Å². The molecule has 2 aliphatic rings. The second-order valence-electron chi connectivity index (χ2n) is 7.47. The highest BCUT2D eigenvalue weighted by Crippen LogP contribution is 2.27. The number of carbonyl (C=O) groups is 1. The van der Waals surface area contributed by atoms with Gasteiger partial charge in [-0.3, -0.25) is 9.59 Å². The lowest BCUT2D eigenvalue weighted by Crippen LogP contribution is -2.39. The lowest BCUT2D eigenvalue weighted by atomic mass is 10.1. The number of carbonyl (C=O) groups excluding carboxylic acids is 1. The third-order valence-corrected chi connectivity index (χ3v) is 6.70. The van der Waals surface area contributed by atoms with Crippen LogP contribution in [0.5, 0.6) is 0 Å². The first-order valence-corrected chi connectivity index (χ1v) is 11.2. The second-order valence-corrected chi connectivity index (χ2v) is 9.45. The summed E-state index contributed by atoms with van der Waals surface area (Å²) in [6.07, 6.45) is 2.13. The summed E-state index contributed by atoms with van der Waals surface area (Å²) >= 11 is 0. The first-order valence-electron chi connectivity index (χ1n) is 9.34. The van der Waals surface area contributed by atoms with E-state index in [2.05, 4.69) is 9.97 Å². The Labute approximate surface area is 167 Å². The number of likely N-dealkylation sites (tertiary alicyclic amines) is 1. The maximum absolute atomic E-state index is 13.4. The maximum atomic E-state index is 13.4. The highest BCUT2D eigenvalue weighted by molar-refractivity contribution is 7.88. The average Bonchev–Trinajstić information content (AvgIpc) is 3.16. The fourth-order valence-corrected chi connectivity index (χ4v) is 4.65. The monoisotopic (exact) mass is 420 g/mol. The Morgan fingerprint density at radius 2 is 2.10 bits per heavy atom. The van der Waals surface area contributed by atoms with E-state index in [-0.39, 0.29) is 30.5 Å². The molecular weight excluding hydrogens is 399 g/mol. The largest absolute Gasteiger partial charge is 0.338 e. The second kappa shape index (κ2) is 7.34. The van der Waals surface area contributed by atoms with Gasteiger partial charge in [0.1, 0.15) is 11.6 Å². The van der Waals surface area contributed by atoms with Crippen LogP contribution in [0.3, 0.4) is 0 Å². The average molecular weight is 420 g/mol. The number of nitrogens with zero attached hydrogens (tertiary/aromatic N) is 3. The summed E-state index contributed by atoms with van der Waals surface area (Å²) in [6.45, 7) is 1.18. The molecule has 2 aromatic rings. The van der Waals surface area contributed by atoms with Crippen LogP contribution in [0, 0.1) is 5.82 Å². The van der Waals surface area contributed by atoms with Gasteiger partial charge >= 0.3 is 0 Å². The van der Waals surface area contributed by atoms with E-state index in [1.54, 1.807) is 11.0 Å². The van der Waals surface area contributed by atoms with Crippen molar-refractivity contribution in [1.82, 2.24) is 19.2 Å². The van der Waals surface area contributed by atoms with Gasteiger partial charge in [-0.2, -0.15) is 4.31 Å². The fourth-order valence-electron chi connectivity index (χ4n) is 3.87. The number of benzene rings is 1. The van der Waals surface area contributed by atoms with Crippen molar-refractivity contribution in [3.05, 3.63) is 63.1 Å². The van der Waals surface area contributed by atoms with Crippen LogP contribution in [0.4, 0.5) is 4.39 Å². The number of sulfonamides is 1. The number of hydrogen-bond donors (Lipinski definition) is 1. The molecule has 0 bridgehead atoms. The summed E-state index contributed by atoms with van der Waals surface area (Å²) in [4.78, 5) is 34.1. The van der Waals surface area contributed by atoms with E-state index >= 15 is 0 Å². The van der Waals surface area contributed by atoms with Crippen LogP contribution in [0.25, 0.3) is 0 Å². The Hall–Kier alpha value is -2.59. The van der Waals surface area contributed by atoms with Crippen molar-refractivity contribution in [3.63, 3.8) is 0 Å². The normalized spacial score (nSPS) is 19.9. The molecule has 1 amide bonds. The van der Waals surface area contributed by atoms with Gasteiger partial charge in [0.05, 0.1) is 17.5 Å². The van der Waals surface area contributed by atoms with Crippen molar-refractivity contribution >= 4 is 15.9 Å². The highest BCUT2D eigenvalue weighted by atomic mass is 32.2. The van der Waals surface area contributed by atoms with E-state index in [4.69, 9.17) is 0 Å². The number of H-pyrrole nitrogens is 1. The third-order valence-electron chi connectivity index (χ3n) is 5.45. The number of rotatable bonds is 3. The number of hydrogen-bond acceptors (Lipinski definition) is 5. The summed E-state index contributed by atoms with van der Waals surface area (Å²) < 4.78 is 38.2. The van der Waals surface area contributed by atoms with Gasteiger partial charge in [-0.1, -0.05) is 6.07 Å². The van der Waals surface area contributed by atoms with Crippen LogP contribution in [-0.2, 0) is 23.0 Å². The smallest absolute Gasteiger partial charge is 0.255 e. The van der Waals surface area contributed by atoms with Gasteiger partial charge in [0.15, 0.2) is 0 Å². The SMILES string of the molecule is CS(=O)(=O)N1CCc2nc([C@H]3CCN(C(=O)c4cccc(F)c4)C3)[nH]c(=O)c2C1. The van der Waals surface area contributed by atoms with Crippen molar-refractivity contribution < 1.29 is 17.6 Å². The molecule has 2 aliphatic heterocycles. The van der Waals surface area contributed by atoms with Gasteiger partial charge in [0, 0.05) is 44.1 Å². The molecule has 1 fully saturated rings. The van der Waals surface area contributed by atoms with E-state index in [0.717, 1.165) is 6.26 Å². The molecule has 8 nitrogen and oxygen atoms in total. The molecule has 1 aromatic carbocycles. The van der Waals surface area contributed by atoms with Crippen LogP contribution in [0.15, 0.2) is 29.1 Å². The first kappa shape index (κ1) is 19.7. The molecule has 1 atom stereocenters. The number of amides is 1. The van der Waals surface area contributed by atoms with E-state index in [1.165, 1.54) is 22.5 Å². The Kier molecular flexibility index (Phi) is 4.99. The number of aromatic nitrogens is 2. The maximum Gasteiger partial charge on any atom is 0.255 e. The summed E-state index contributed by atoms with van der Waals surface area (Å²) in [6, 6.07) is 5.57. The van der Waals surface area contributed by atoms with Gasteiger partial charge in [0.2, 0.25) is 10.0 Å². The quantitative estimate of drug-likeness (QED) is 0.793. The molecule has 0 radical (unpaired) electrons. The lowest BCUT2D eigenvalue weighted by Gasteiger charge is -2.26. The van der Waals surface area contributed by atoms with Crippen LogP contribution >= 0.6 is 0 Å². The minimum atomic E-state index is -3.38. The van der Waals surface area contributed by atoms with Crippen molar-refractivity contribution in [2.45, 2.75) is 25.3 Å². The van der Waals surface area contributed by atoms with E-state index in [0.29, 0.717) is 48.6 Å². The zero-order valence-corrected chi connectivity index (χ0v) is 16.7. The molecule has 0 saturated carbocycles. The highest BCUT2D eigenvalue weighted by Gasteiger charge is 2.32. The molecule has 1 aromatic heterocycles. The zero-order valence-electron chi connectivity index (χ0n) is 15.9. The molecule has 154 valence electrons. The molecule has 0 unspecified atom stereocenters. The Morgan fingerprint density at radius 1 is 1.31 bits per heavy atom. The molecule has 1 N–H and O–H groups in total. The zero-order chi connectivity index (χ0) is 20.8. The van der Waals surface area contributed by atoms with E-state index in [9.17, 15) is 22.4 Å². The molecule has 3 heterocycles. The van der Waals surface area contributed by atoms with E-state index < -0.39 is 15.8 Å². The number of aromatic amines is 1. The van der Waals surface area contributed by atoms with Crippen LogP contribution in [-0.4, -0.2) is 59.4 Å².